The van der Waals surface area contributed by atoms with Gasteiger partial charge in [-0.2, -0.15) is 0 Å². The highest BCUT2D eigenvalue weighted by atomic mass is 16.5. The summed E-state index contributed by atoms with van der Waals surface area (Å²) in [6.45, 7) is 1.67. The molecule has 0 saturated heterocycles. The van der Waals surface area contributed by atoms with Crippen LogP contribution in [0, 0.1) is 0 Å². The molecule has 0 radical (unpaired) electrons. The highest BCUT2D eigenvalue weighted by molar-refractivity contribution is 5.97. The van der Waals surface area contributed by atoms with Gasteiger partial charge < -0.3 is 19.7 Å². The maximum absolute atomic E-state index is 12.8. The lowest BCUT2D eigenvalue weighted by molar-refractivity contribution is 0.0734. The SMILES string of the molecule is CCOC(=O)n1c(-c2ccc(OC(=O)c3cccnc3)cc2)cc(=O)c2ccc(O)c(O)c21. The van der Waals surface area contributed by atoms with Crippen LogP contribution < -0.4 is 10.2 Å². The molecule has 0 aliphatic carbocycles. The van der Waals surface area contributed by atoms with Gasteiger partial charge in [0.15, 0.2) is 16.9 Å². The molecule has 0 unspecified atom stereocenters. The Morgan fingerprint density at radius 3 is 2.48 bits per heavy atom. The van der Waals surface area contributed by atoms with Crippen molar-refractivity contribution in [3.63, 3.8) is 0 Å². The number of pyridine rings is 2. The van der Waals surface area contributed by atoms with E-state index in [1.807, 2.05) is 0 Å². The fourth-order valence-electron chi connectivity index (χ4n) is 3.31. The number of hydrogen-bond acceptors (Lipinski definition) is 8. The Morgan fingerprint density at radius 1 is 1.06 bits per heavy atom. The third-order valence-corrected chi connectivity index (χ3v) is 4.84. The van der Waals surface area contributed by atoms with Crippen LogP contribution in [0.2, 0.25) is 0 Å². The normalized spacial score (nSPS) is 10.7. The monoisotopic (exact) mass is 446 g/mol. The van der Waals surface area contributed by atoms with E-state index >= 15 is 0 Å². The van der Waals surface area contributed by atoms with E-state index in [0.29, 0.717) is 5.56 Å². The minimum absolute atomic E-state index is 0.0316. The molecule has 0 bridgehead atoms. The van der Waals surface area contributed by atoms with Crippen molar-refractivity contribution in [3.05, 3.63) is 82.8 Å². The van der Waals surface area contributed by atoms with Crippen LogP contribution >= 0.6 is 0 Å². The van der Waals surface area contributed by atoms with Crippen LogP contribution in [0.4, 0.5) is 4.79 Å². The van der Waals surface area contributed by atoms with E-state index in [1.54, 1.807) is 31.2 Å². The summed E-state index contributed by atoms with van der Waals surface area (Å²) >= 11 is 0. The van der Waals surface area contributed by atoms with Gasteiger partial charge in [0.05, 0.1) is 23.3 Å². The molecule has 0 aliphatic rings. The number of esters is 1. The lowest BCUT2D eigenvalue weighted by Gasteiger charge is -2.17. The number of hydrogen-bond donors (Lipinski definition) is 2. The number of carbonyl (C=O) groups is 2. The fraction of sp³-hybridized carbons (Fsp3) is 0.0833. The third kappa shape index (κ3) is 4.11. The summed E-state index contributed by atoms with van der Waals surface area (Å²) in [7, 11) is 0. The van der Waals surface area contributed by atoms with Crippen LogP contribution in [0.3, 0.4) is 0 Å². The second kappa shape index (κ2) is 8.83. The summed E-state index contributed by atoms with van der Waals surface area (Å²) in [5.41, 5.74) is 0.163. The van der Waals surface area contributed by atoms with Crippen LogP contribution in [0.25, 0.3) is 22.2 Å². The van der Waals surface area contributed by atoms with E-state index in [1.165, 1.54) is 42.7 Å². The number of aromatic hydroxyl groups is 2. The molecule has 166 valence electrons. The summed E-state index contributed by atoms with van der Waals surface area (Å²) in [5, 5.41) is 20.4. The number of nitrogens with zero attached hydrogens (tertiary/aromatic N) is 2. The summed E-state index contributed by atoms with van der Waals surface area (Å²) in [6, 6.07) is 13.0. The van der Waals surface area contributed by atoms with E-state index in [9.17, 15) is 24.6 Å². The van der Waals surface area contributed by atoms with Crippen LogP contribution in [0.5, 0.6) is 17.2 Å². The van der Waals surface area contributed by atoms with Crippen LogP contribution in [-0.4, -0.2) is 38.4 Å². The van der Waals surface area contributed by atoms with Crippen molar-refractivity contribution in [1.82, 2.24) is 9.55 Å². The summed E-state index contributed by atoms with van der Waals surface area (Å²) in [6.07, 6.45) is 2.08. The first-order valence-electron chi connectivity index (χ1n) is 9.91. The molecular weight excluding hydrogens is 428 g/mol. The molecule has 4 aromatic rings. The van der Waals surface area contributed by atoms with Gasteiger partial charge >= 0.3 is 12.1 Å². The smallest absolute Gasteiger partial charge is 0.419 e. The Hall–Kier alpha value is -4.66. The predicted molar refractivity (Wildman–Crippen MR) is 119 cm³/mol. The van der Waals surface area contributed by atoms with Gasteiger partial charge in [-0.3, -0.25) is 9.78 Å². The van der Waals surface area contributed by atoms with Crippen molar-refractivity contribution in [2.45, 2.75) is 6.92 Å². The molecule has 0 atom stereocenters. The lowest BCUT2D eigenvalue weighted by atomic mass is 10.1. The molecule has 0 spiro atoms. The minimum Gasteiger partial charge on any atom is -0.504 e. The van der Waals surface area contributed by atoms with E-state index < -0.39 is 29.0 Å². The Bertz CT molecular complexity index is 1410. The quantitative estimate of drug-likeness (QED) is 0.276. The molecule has 33 heavy (non-hydrogen) atoms. The third-order valence-electron chi connectivity index (χ3n) is 4.84. The Kier molecular flexibility index (Phi) is 5.77. The Balaban J connectivity index is 1.80. The zero-order chi connectivity index (χ0) is 23.5. The van der Waals surface area contributed by atoms with Crippen LogP contribution in [0.1, 0.15) is 17.3 Å². The van der Waals surface area contributed by atoms with Gasteiger partial charge in [-0.15, -0.1) is 0 Å². The second-order valence-electron chi connectivity index (χ2n) is 6.91. The first-order valence-corrected chi connectivity index (χ1v) is 9.91. The van der Waals surface area contributed by atoms with Gasteiger partial charge in [0, 0.05) is 18.5 Å². The number of fused-ring (bicyclic) bond motifs is 1. The van der Waals surface area contributed by atoms with Gasteiger partial charge in [0.2, 0.25) is 0 Å². The highest BCUT2D eigenvalue weighted by Crippen LogP contribution is 2.35. The number of phenols is 2. The molecule has 0 fully saturated rings. The molecule has 0 amide bonds. The van der Waals surface area contributed by atoms with Crippen LogP contribution in [-0.2, 0) is 4.74 Å². The summed E-state index contributed by atoms with van der Waals surface area (Å²) in [4.78, 5) is 41.6. The molecular formula is C24H18N2O7. The molecule has 2 aromatic carbocycles. The first-order chi connectivity index (χ1) is 15.9. The number of phenolic OH excluding ortho intramolecular Hbond substituents is 2. The average molecular weight is 446 g/mol. The number of carbonyl (C=O) groups excluding carboxylic acids is 2. The van der Waals surface area contributed by atoms with Gasteiger partial charge in [0.1, 0.15) is 11.3 Å². The summed E-state index contributed by atoms with van der Waals surface area (Å²) in [5.74, 6) is -1.47. The zero-order valence-corrected chi connectivity index (χ0v) is 17.4. The van der Waals surface area contributed by atoms with Gasteiger partial charge in [0.25, 0.3) is 0 Å². The Labute approximate surface area is 187 Å². The van der Waals surface area contributed by atoms with Crippen molar-refractivity contribution in [2.75, 3.05) is 6.61 Å². The largest absolute Gasteiger partial charge is 0.504 e. The molecule has 2 N–H and O–H groups in total. The Morgan fingerprint density at radius 2 is 1.82 bits per heavy atom. The maximum Gasteiger partial charge on any atom is 0.419 e. The average Bonchev–Trinajstić information content (AvgIpc) is 2.82. The lowest BCUT2D eigenvalue weighted by Crippen LogP contribution is -2.20. The first kappa shape index (κ1) is 21.6. The molecule has 9 nitrogen and oxygen atoms in total. The topological polar surface area (TPSA) is 128 Å². The standard InChI is InChI=1S/C24H18N2O7/c1-2-32-24(31)26-18(12-20(28)17-9-10-19(27)22(29)21(17)26)14-5-7-16(8-6-14)33-23(30)15-4-3-11-25-13-15/h3-13,27,29H,2H2,1H3. The maximum atomic E-state index is 12.8. The molecule has 0 saturated carbocycles. The van der Waals surface area contributed by atoms with Gasteiger partial charge in [-0.05, 0) is 61.0 Å². The number of ether oxygens (including phenoxy) is 2. The molecule has 9 heteroatoms. The van der Waals surface area contributed by atoms with E-state index in [0.717, 1.165) is 4.57 Å². The summed E-state index contributed by atoms with van der Waals surface area (Å²) < 4.78 is 11.5. The molecule has 2 aromatic heterocycles. The van der Waals surface area contributed by atoms with E-state index in [-0.39, 0.29) is 34.5 Å². The van der Waals surface area contributed by atoms with Gasteiger partial charge in [-0.25, -0.2) is 14.2 Å². The minimum atomic E-state index is -0.842. The van der Waals surface area contributed by atoms with Crippen LogP contribution in [0.15, 0.2) is 71.8 Å². The number of benzene rings is 2. The number of rotatable bonds is 4. The molecule has 2 heterocycles. The second-order valence-corrected chi connectivity index (χ2v) is 6.91. The van der Waals surface area contributed by atoms with Gasteiger partial charge in [-0.1, -0.05) is 0 Å². The highest BCUT2D eigenvalue weighted by Gasteiger charge is 2.21. The fourth-order valence-corrected chi connectivity index (χ4v) is 3.31. The van der Waals surface area contributed by atoms with Crippen molar-refractivity contribution >= 4 is 23.0 Å². The molecule has 0 aliphatic heterocycles. The van der Waals surface area contributed by atoms with Crippen molar-refractivity contribution in [3.8, 4) is 28.5 Å². The van der Waals surface area contributed by atoms with Crippen molar-refractivity contribution < 1.29 is 29.3 Å². The predicted octanol–water partition coefficient (Wildman–Crippen LogP) is 3.70. The zero-order valence-electron chi connectivity index (χ0n) is 17.4. The molecule has 4 rings (SSSR count). The van der Waals surface area contributed by atoms with Crippen molar-refractivity contribution in [1.29, 1.82) is 0 Å². The van der Waals surface area contributed by atoms with Crippen molar-refractivity contribution in [2.24, 2.45) is 0 Å². The van der Waals surface area contributed by atoms with E-state index in [2.05, 4.69) is 4.98 Å². The number of aromatic nitrogens is 2. The van der Waals surface area contributed by atoms with E-state index in [4.69, 9.17) is 9.47 Å².